The van der Waals surface area contributed by atoms with Gasteiger partial charge >= 0.3 is 5.97 Å². The van der Waals surface area contributed by atoms with Crippen molar-refractivity contribution < 1.29 is 23.1 Å². The minimum Gasteiger partial charge on any atom is -0.477 e. The van der Waals surface area contributed by atoms with Gasteiger partial charge in [-0.15, -0.1) is 11.3 Å². The number of carboxylic acid groups (broad SMARTS) is 1. The molecule has 1 N–H and O–H groups in total. The van der Waals surface area contributed by atoms with E-state index in [1.165, 1.54) is 10.5 Å². The van der Waals surface area contributed by atoms with Crippen molar-refractivity contribution in [1.82, 2.24) is 9.29 Å². The molecule has 0 bridgehead atoms. The summed E-state index contributed by atoms with van der Waals surface area (Å²) in [7, 11) is -4.00. The Balaban J connectivity index is 1.51. The molecule has 1 aliphatic carbocycles. The van der Waals surface area contributed by atoms with Crippen molar-refractivity contribution >= 4 is 44.7 Å². The number of carbonyl (C=O) groups is 2. The van der Waals surface area contributed by atoms with Crippen LogP contribution in [-0.2, 0) is 14.8 Å². The summed E-state index contributed by atoms with van der Waals surface area (Å²) in [5.74, 6) is -0.752. The lowest BCUT2D eigenvalue weighted by Crippen LogP contribution is -2.60. The second kappa shape index (κ2) is 12.3. The van der Waals surface area contributed by atoms with E-state index in [4.69, 9.17) is 0 Å². The molecule has 3 aromatic rings. The molecule has 1 saturated carbocycles. The van der Waals surface area contributed by atoms with Crippen molar-refractivity contribution in [3.63, 3.8) is 0 Å². The van der Waals surface area contributed by atoms with E-state index >= 15 is 0 Å². The van der Waals surface area contributed by atoms with Crippen LogP contribution in [-0.4, -0.2) is 66.9 Å². The molecule has 5 rings (SSSR count). The van der Waals surface area contributed by atoms with Crippen molar-refractivity contribution in [2.24, 2.45) is 5.92 Å². The number of benzene rings is 1. The molecule has 41 heavy (non-hydrogen) atoms. The van der Waals surface area contributed by atoms with Crippen LogP contribution >= 0.6 is 11.3 Å². The van der Waals surface area contributed by atoms with Crippen molar-refractivity contribution in [3.05, 3.63) is 59.6 Å². The molecule has 2 aromatic heterocycles. The maximum absolute atomic E-state index is 13.9. The van der Waals surface area contributed by atoms with E-state index < -0.39 is 27.9 Å². The Bertz CT molecular complexity index is 1480. The number of hydrogen-bond acceptors (Lipinski definition) is 7. The number of carbonyl (C=O) groups excluding carboxylic acids is 1. The molecule has 1 aromatic carbocycles. The molecule has 2 fully saturated rings. The van der Waals surface area contributed by atoms with E-state index in [9.17, 15) is 23.1 Å². The fourth-order valence-corrected chi connectivity index (χ4v) is 8.36. The molecule has 9 nitrogen and oxygen atoms in total. The zero-order chi connectivity index (χ0) is 29.1. The topological polar surface area (TPSA) is 111 Å². The molecule has 0 unspecified atom stereocenters. The number of nitrogens with zero attached hydrogens (tertiary/aromatic N) is 4. The number of aromatic nitrogens is 1. The monoisotopic (exact) mass is 596 g/mol. The highest BCUT2D eigenvalue weighted by molar-refractivity contribution is 7.89. The summed E-state index contributed by atoms with van der Waals surface area (Å²) < 4.78 is 28.9. The van der Waals surface area contributed by atoms with E-state index in [-0.39, 0.29) is 28.8 Å². The van der Waals surface area contributed by atoms with Crippen LogP contribution in [0.3, 0.4) is 0 Å². The second-order valence-electron chi connectivity index (χ2n) is 10.5. The third kappa shape index (κ3) is 5.89. The maximum atomic E-state index is 13.9. The third-order valence-electron chi connectivity index (χ3n) is 8.17. The van der Waals surface area contributed by atoms with E-state index in [1.54, 1.807) is 23.1 Å². The largest absolute Gasteiger partial charge is 0.477 e. The summed E-state index contributed by atoms with van der Waals surface area (Å²) in [4.78, 5) is 35.2. The first-order chi connectivity index (χ1) is 19.7. The Labute approximate surface area is 245 Å². The summed E-state index contributed by atoms with van der Waals surface area (Å²) in [6, 6.07) is 14.0. The Kier molecular flexibility index (Phi) is 8.77. The molecule has 0 spiro atoms. The summed E-state index contributed by atoms with van der Waals surface area (Å²) in [5.41, 5.74) is 1.22. The number of anilines is 2. The first kappa shape index (κ1) is 29.2. The Morgan fingerprint density at radius 2 is 1.78 bits per heavy atom. The second-order valence-corrected chi connectivity index (χ2v) is 13.5. The minimum absolute atomic E-state index is 0.0465. The summed E-state index contributed by atoms with van der Waals surface area (Å²) >= 11 is 1.14. The first-order valence-electron chi connectivity index (χ1n) is 14.2. The van der Waals surface area contributed by atoms with Crippen LogP contribution in [0.2, 0.25) is 0 Å². The summed E-state index contributed by atoms with van der Waals surface area (Å²) in [6.07, 6.45) is 6.18. The van der Waals surface area contributed by atoms with Gasteiger partial charge in [0, 0.05) is 30.7 Å². The Hall–Kier alpha value is -3.28. The summed E-state index contributed by atoms with van der Waals surface area (Å²) in [6.45, 7) is 5.27. The van der Waals surface area contributed by atoms with Crippen LogP contribution < -0.4 is 9.80 Å². The molecule has 11 heteroatoms. The van der Waals surface area contributed by atoms with Gasteiger partial charge in [-0.05, 0) is 56.4 Å². The normalized spacial score (nSPS) is 18.9. The van der Waals surface area contributed by atoms with Gasteiger partial charge in [-0.3, -0.25) is 4.79 Å². The number of sulfonamides is 1. The zero-order valence-electron chi connectivity index (χ0n) is 23.4. The van der Waals surface area contributed by atoms with Crippen molar-refractivity contribution in [3.8, 4) is 10.4 Å². The van der Waals surface area contributed by atoms with Crippen LogP contribution in [0.5, 0.6) is 0 Å². The van der Waals surface area contributed by atoms with Gasteiger partial charge in [0.15, 0.2) is 0 Å². The number of aromatic carboxylic acids is 1. The quantitative estimate of drug-likeness (QED) is 0.355. The first-order valence-corrected chi connectivity index (χ1v) is 16.5. The number of amides is 1. The number of rotatable bonds is 9. The van der Waals surface area contributed by atoms with Crippen LogP contribution in [0.25, 0.3) is 10.4 Å². The maximum Gasteiger partial charge on any atom is 0.348 e. The van der Waals surface area contributed by atoms with Crippen LogP contribution in [0.15, 0.2) is 59.6 Å². The molecule has 1 amide bonds. The predicted octanol–water partition coefficient (Wildman–Crippen LogP) is 5.34. The standard InChI is InChI=1S/C30H36N4O5S2/c1-3-32(4-2)27-16-15-23(18-31-27)41(38,39)33-19-25(21-11-7-5-8-12-21)34(28(35)20-33)24-17-26(40-29(24)30(36)37)22-13-9-6-10-14-22/h6,9-10,13-18,21,25H,3-5,7-8,11-12,19-20H2,1-2H3,(H,36,37)/t25-/m0/s1. The number of piperazine rings is 1. The van der Waals surface area contributed by atoms with Gasteiger partial charge in [-0.1, -0.05) is 49.6 Å². The molecule has 1 saturated heterocycles. The fourth-order valence-electron chi connectivity index (χ4n) is 6.01. The average molecular weight is 597 g/mol. The number of carboxylic acids is 1. The van der Waals surface area contributed by atoms with Gasteiger partial charge in [0.05, 0.1) is 18.3 Å². The molecular weight excluding hydrogens is 560 g/mol. The molecule has 1 atom stereocenters. The van der Waals surface area contributed by atoms with Gasteiger partial charge < -0.3 is 14.9 Å². The Morgan fingerprint density at radius 3 is 2.39 bits per heavy atom. The Morgan fingerprint density at radius 1 is 1.07 bits per heavy atom. The van der Waals surface area contributed by atoms with Crippen molar-refractivity contribution in [1.29, 1.82) is 0 Å². The van der Waals surface area contributed by atoms with Gasteiger partial charge in [0.25, 0.3) is 0 Å². The van der Waals surface area contributed by atoms with Gasteiger partial charge in [-0.25, -0.2) is 18.2 Å². The zero-order valence-corrected chi connectivity index (χ0v) is 25.0. The van der Waals surface area contributed by atoms with Gasteiger partial charge in [0.1, 0.15) is 15.6 Å². The van der Waals surface area contributed by atoms with Crippen molar-refractivity contribution in [2.45, 2.75) is 56.9 Å². The van der Waals surface area contributed by atoms with E-state index in [1.807, 2.05) is 49.1 Å². The van der Waals surface area contributed by atoms with Crippen LogP contribution in [0, 0.1) is 5.92 Å². The third-order valence-corrected chi connectivity index (χ3v) is 11.1. The highest BCUT2D eigenvalue weighted by atomic mass is 32.2. The fraction of sp³-hybridized carbons (Fsp3) is 0.433. The lowest BCUT2D eigenvalue weighted by atomic mass is 9.82. The smallest absolute Gasteiger partial charge is 0.348 e. The number of pyridine rings is 1. The van der Waals surface area contributed by atoms with E-state index in [2.05, 4.69) is 4.98 Å². The van der Waals surface area contributed by atoms with Gasteiger partial charge in [-0.2, -0.15) is 4.31 Å². The van der Waals surface area contributed by atoms with Crippen LogP contribution in [0.1, 0.15) is 55.6 Å². The highest BCUT2D eigenvalue weighted by Gasteiger charge is 2.44. The lowest BCUT2D eigenvalue weighted by molar-refractivity contribution is -0.121. The number of thiophene rings is 1. The molecule has 3 heterocycles. The molecule has 2 aliphatic rings. The van der Waals surface area contributed by atoms with Crippen LogP contribution in [0.4, 0.5) is 11.5 Å². The molecule has 0 radical (unpaired) electrons. The van der Waals surface area contributed by atoms with E-state index in [0.29, 0.717) is 11.5 Å². The minimum atomic E-state index is -4.00. The molecular formula is C30H36N4O5S2. The predicted molar refractivity (Wildman–Crippen MR) is 161 cm³/mol. The van der Waals surface area contributed by atoms with Crippen molar-refractivity contribution in [2.75, 3.05) is 36.0 Å². The molecule has 1 aliphatic heterocycles. The van der Waals surface area contributed by atoms with Gasteiger partial charge in [0.2, 0.25) is 15.9 Å². The molecule has 218 valence electrons. The van der Waals surface area contributed by atoms with E-state index in [0.717, 1.165) is 67.0 Å². The average Bonchev–Trinajstić information content (AvgIpc) is 3.44. The number of hydrogen-bond donors (Lipinski definition) is 1. The lowest BCUT2D eigenvalue weighted by Gasteiger charge is -2.44. The SMILES string of the molecule is CCN(CC)c1ccc(S(=O)(=O)N2CC(=O)N(c3cc(-c4ccccc4)sc3C(=O)O)[C@H](C3CCCCC3)C2)cn1. The summed E-state index contributed by atoms with van der Waals surface area (Å²) in [5, 5.41) is 10.1. The highest BCUT2D eigenvalue weighted by Crippen LogP contribution is 2.42.